The minimum absolute atomic E-state index is 0.362. The summed E-state index contributed by atoms with van der Waals surface area (Å²) in [7, 11) is 0. The first-order valence-electron chi connectivity index (χ1n) is 15.2. The van der Waals surface area contributed by atoms with Gasteiger partial charge in [0, 0.05) is 5.56 Å². The fourth-order valence-corrected chi connectivity index (χ4v) is 4.67. The molecule has 1 heterocycles. The Morgan fingerprint density at radius 1 is 0.641 bits per heavy atom. The van der Waals surface area contributed by atoms with Crippen LogP contribution in [0.4, 0.5) is 0 Å². The first-order valence-corrected chi connectivity index (χ1v) is 15.2. The van der Waals surface area contributed by atoms with E-state index in [0.29, 0.717) is 11.3 Å². The SMILES string of the molecule is CCCCCCCCCc1ccc(C(=O)Oc2ccc(-c3ccc(OCCCCCCCC)cc3)nc2)cc1. The van der Waals surface area contributed by atoms with Gasteiger partial charge >= 0.3 is 5.97 Å². The molecule has 0 N–H and O–H groups in total. The Hall–Kier alpha value is -3.14. The summed E-state index contributed by atoms with van der Waals surface area (Å²) in [5.41, 5.74) is 3.65. The third kappa shape index (κ3) is 11.6. The summed E-state index contributed by atoms with van der Waals surface area (Å²) in [6.07, 6.45) is 19.3. The van der Waals surface area contributed by atoms with Crippen LogP contribution in [0.3, 0.4) is 0 Å². The van der Waals surface area contributed by atoms with Crippen LogP contribution in [0.15, 0.2) is 66.9 Å². The molecule has 0 unspecified atom stereocenters. The van der Waals surface area contributed by atoms with Gasteiger partial charge in [0.25, 0.3) is 0 Å². The minimum Gasteiger partial charge on any atom is -0.494 e. The number of carbonyl (C=O) groups is 1. The maximum absolute atomic E-state index is 12.6. The number of rotatable bonds is 19. The topological polar surface area (TPSA) is 48.4 Å². The molecule has 2 aromatic carbocycles. The van der Waals surface area contributed by atoms with E-state index in [2.05, 4.69) is 18.8 Å². The molecular formula is C35H47NO3. The van der Waals surface area contributed by atoms with Crippen molar-refractivity contribution in [3.8, 4) is 22.8 Å². The molecule has 0 radical (unpaired) electrons. The maximum Gasteiger partial charge on any atom is 0.343 e. The molecule has 4 nitrogen and oxygen atoms in total. The summed E-state index contributed by atoms with van der Waals surface area (Å²) in [6, 6.07) is 19.5. The average Bonchev–Trinajstić information content (AvgIpc) is 2.97. The highest BCUT2D eigenvalue weighted by Gasteiger charge is 2.10. The molecule has 0 aliphatic carbocycles. The lowest BCUT2D eigenvalue weighted by Crippen LogP contribution is -2.08. The van der Waals surface area contributed by atoms with E-state index in [9.17, 15) is 4.79 Å². The van der Waals surface area contributed by atoms with Gasteiger partial charge < -0.3 is 9.47 Å². The molecule has 0 atom stereocenters. The standard InChI is InChI=1S/C35H47NO3/c1-3-5-7-9-11-12-14-16-29-17-19-31(20-18-29)35(37)39-33-25-26-34(36-28-33)30-21-23-32(24-22-30)38-27-15-13-10-8-6-4-2/h17-26,28H,3-16,27H2,1-2H3. The van der Waals surface area contributed by atoms with E-state index >= 15 is 0 Å². The minimum atomic E-state index is -0.362. The molecule has 210 valence electrons. The molecule has 39 heavy (non-hydrogen) atoms. The maximum atomic E-state index is 12.6. The van der Waals surface area contributed by atoms with E-state index in [0.717, 1.165) is 36.5 Å². The number of hydrogen-bond acceptors (Lipinski definition) is 4. The largest absolute Gasteiger partial charge is 0.494 e. The molecule has 0 saturated heterocycles. The second-order valence-corrected chi connectivity index (χ2v) is 10.5. The van der Waals surface area contributed by atoms with E-state index in [1.165, 1.54) is 82.6 Å². The molecule has 3 aromatic rings. The summed E-state index contributed by atoms with van der Waals surface area (Å²) in [5, 5.41) is 0. The van der Waals surface area contributed by atoms with Gasteiger partial charge in [-0.3, -0.25) is 4.98 Å². The Kier molecular flexibility index (Phi) is 14.2. The number of nitrogens with zero attached hydrogens (tertiary/aromatic N) is 1. The molecule has 0 amide bonds. The van der Waals surface area contributed by atoms with Crippen molar-refractivity contribution in [2.45, 2.75) is 104 Å². The van der Waals surface area contributed by atoms with Gasteiger partial charge in [-0.1, -0.05) is 96.6 Å². The predicted molar refractivity (Wildman–Crippen MR) is 162 cm³/mol. The van der Waals surface area contributed by atoms with E-state index in [-0.39, 0.29) is 5.97 Å². The second kappa shape index (κ2) is 18.2. The zero-order valence-corrected chi connectivity index (χ0v) is 24.1. The Morgan fingerprint density at radius 2 is 1.23 bits per heavy atom. The molecule has 0 spiro atoms. The first kappa shape index (κ1) is 30.4. The van der Waals surface area contributed by atoms with Gasteiger partial charge in [0.2, 0.25) is 0 Å². The number of benzene rings is 2. The molecule has 0 bridgehead atoms. The van der Waals surface area contributed by atoms with Gasteiger partial charge in [0.05, 0.1) is 24.1 Å². The Morgan fingerprint density at radius 3 is 1.85 bits per heavy atom. The monoisotopic (exact) mass is 529 g/mol. The summed E-state index contributed by atoms with van der Waals surface area (Å²) in [4.78, 5) is 17.1. The summed E-state index contributed by atoms with van der Waals surface area (Å²) >= 11 is 0. The molecule has 4 heteroatoms. The van der Waals surface area contributed by atoms with Gasteiger partial charge in [0.1, 0.15) is 11.5 Å². The molecule has 3 rings (SSSR count). The van der Waals surface area contributed by atoms with Gasteiger partial charge in [-0.25, -0.2) is 4.79 Å². The highest BCUT2D eigenvalue weighted by molar-refractivity contribution is 5.91. The molecule has 0 aliphatic rings. The normalized spacial score (nSPS) is 10.9. The van der Waals surface area contributed by atoms with Crippen molar-refractivity contribution in [3.05, 3.63) is 78.0 Å². The van der Waals surface area contributed by atoms with Crippen LogP contribution in [0.2, 0.25) is 0 Å². The molecule has 0 saturated carbocycles. The number of aromatic nitrogens is 1. The molecule has 1 aromatic heterocycles. The smallest absolute Gasteiger partial charge is 0.343 e. The zero-order chi connectivity index (χ0) is 27.5. The lowest BCUT2D eigenvalue weighted by Gasteiger charge is -2.08. The molecular weight excluding hydrogens is 482 g/mol. The van der Waals surface area contributed by atoms with E-state index in [4.69, 9.17) is 9.47 Å². The van der Waals surface area contributed by atoms with Crippen molar-refractivity contribution in [2.24, 2.45) is 0 Å². The lowest BCUT2D eigenvalue weighted by atomic mass is 10.0. The Bertz CT molecular complexity index is 1060. The predicted octanol–water partition coefficient (Wildman–Crippen LogP) is 10.0. The number of aryl methyl sites for hydroxylation is 1. The third-order valence-corrected chi connectivity index (χ3v) is 7.12. The zero-order valence-electron chi connectivity index (χ0n) is 24.1. The van der Waals surface area contributed by atoms with E-state index < -0.39 is 0 Å². The third-order valence-electron chi connectivity index (χ3n) is 7.12. The quantitative estimate of drug-likeness (QED) is 0.114. The van der Waals surface area contributed by atoms with Crippen molar-refractivity contribution in [2.75, 3.05) is 6.61 Å². The second-order valence-electron chi connectivity index (χ2n) is 10.5. The van der Waals surface area contributed by atoms with Crippen molar-refractivity contribution >= 4 is 5.97 Å². The number of esters is 1. The van der Waals surface area contributed by atoms with Crippen LogP contribution in [-0.4, -0.2) is 17.6 Å². The van der Waals surface area contributed by atoms with Crippen molar-refractivity contribution in [3.63, 3.8) is 0 Å². The highest BCUT2D eigenvalue weighted by Crippen LogP contribution is 2.23. The van der Waals surface area contributed by atoms with Crippen LogP contribution in [0.25, 0.3) is 11.3 Å². The van der Waals surface area contributed by atoms with Gasteiger partial charge in [0.15, 0.2) is 0 Å². The number of hydrogen-bond donors (Lipinski definition) is 0. The molecule has 0 fully saturated rings. The van der Waals surface area contributed by atoms with Crippen LogP contribution in [0, 0.1) is 0 Å². The highest BCUT2D eigenvalue weighted by atomic mass is 16.5. The van der Waals surface area contributed by atoms with Gasteiger partial charge in [-0.2, -0.15) is 0 Å². The molecule has 0 aliphatic heterocycles. The summed E-state index contributed by atoms with van der Waals surface area (Å²) < 4.78 is 11.4. The number of carbonyl (C=O) groups excluding carboxylic acids is 1. The van der Waals surface area contributed by atoms with Crippen molar-refractivity contribution in [1.82, 2.24) is 4.98 Å². The van der Waals surface area contributed by atoms with Crippen LogP contribution < -0.4 is 9.47 Å². The Balaban J connectivity index is 1.39. The van der Waals surface area contributed by atoms with Crippen molar-refractivity contribution in [1.29, 1.82) is 0 Å². The number of pyridine rings is 1. The van der Waals surface area contributed by atoms with Crippen molar-refractivity contribution < 1.29 is 14.3 Å². The van der Waals surface area contributed by atoms with Crippen LogP contribution in [-0.2, 0) is 6.42 Å². The summed E-state index contributed by atoms with van der Waals surface area (Å²) in [5.74, 6) is 0.958. The van der Waals surface area contributed by atoms with Gasteiger partial charge in [-0.05, 0) is 73.4 Å². The lowest BCUT2D eigenvalue weighted by molar-refractivity contribution is 0.0734. The average molecular weight is 530 g/mol. The first-order chi connectivity index (χ1) is 19.2. The van der Waals surface area contributed by atoms with Crippen LogP contribution in [0.5, 0.6) is 11.5 Å². The number of ether oxygens (including phenoxy) is 2. The fourth-order valence-electron chi connectivity index (χ4n) is 4.67. The number of unbranched alkanes of at least 4 members (excludes halogenated alkanes) is 11. The fraction of sp³-hybridized carbons (Fsp3) is 0.486. The van der Waals surface area contributed by atoms with Crippen LogP contribution >= 0.6 is 0 Å². The van der Waals surface area contributed by atoms with E-state index in [1.54, 1.807) is 12.3 Å². The summed E-state index contributed by atoms with van der Waals surface area (Å²) in [6.45, 7) is 5.25. The van der Waals surface area contributed by atoms with Gasteiger partial charge in [-0.15, -0.1) is 0 Å². The van der Waals surface area contributed by atoms with Crippen LogP contribution in [0.1, 0.15) is 113 Å². The van der Waals surface area contributed by atoms with E-state index in [1.807, 2.05) is 54.6 Å². The Labute approximate surface area is 236 Å².